The standard InChI is InChI=1S/C19H32N2O3.ClH/c1-4-7-8-9-13-23-18-15-16(20)10-11-17(18)19(22)24-14-12-21(5-2)6-3;/h10-11,15H,4-9,12-14,20H2,1-3H3;1H/p+1. The van der Waals surface area contributed by atoms with Crippen LogP contribution in [0.4, 0.5) is 5.69 Å². The van der Waals surface area contributed by atoms with Gasteiger partial charge in [-0.25, -0.2) is 4.79 Å². The number of rotatable bonds is 12. The van der Waals surface area contributed by atoms with Crippen molar-refractivity contribution in [3.63, 3.8) is 0 Å². The summed E-state index contributed by atoms with van der Waals surface area (Å²) in [7, 11) is 0. The SMILES string of the molecule is CCCCCCOc1cc(N)ccc1C(=O)OCC[NH+](CC)CC.Cl. The first-order valence-electron chi connectivity index (χ1n) is 9.15. The zero-order valence-electron chi connectivity index (χ0n) is 15.8. The topological polar surface area (TPSA) is 66.0 Å². The van der Waals surface area contributed by atoms with Crippen LogP contribution >= 0.6 is 12.4 Å². The molecule has 0 saturated heterocycles. The monoisotopic (exact) mass is 373 g/mol. The van der Waals surface area contributed by atoms with Crippen LogP contribution < -0.4 is 15.4 Å². The molecule has 0 bridgehead atoms. The van der Waals surface area contributed by atoms with Crippen LogP contribution in [-0.2, 0) is 4.74 Å². The van der Waals surface area contributed by atoms with Crippen molar-refractivity contribution in [1.29, 1.82) is 0 Å². The van der Waals surface area contributed by atoms with Gasteiger partial charge in [-0.2, -0.15) is 0 Å². The Kier molecular flexibility index (Phi) is 13.0. The molecule has 1 aromatic rings. The molecule has 6 heteroatoms. The number of unbranched alkanes of at least 4 members (excludes halogenated alkanes) is 3. The average Bonchev–Trinajstić information content (AvgIpc) is 2.58. The fraction of sp³-hybridized carbons (Fsp3) is 0.632. The number of carbonyl (C=O) groups is 1. The Balaban J connectivity index is 0.00000576. The summed E-state index contributed by atoms with van der Waals surface area (Å²) in [5.41, 5.74) is 6.86. The summed E-state index contributed by atoms with van der Waals surface area (Å²) in [5.74, 6) is 0.178. The number of likely N-dealkylation sites (N-methyl/N-ethyl adjacent to an activating group) is 1. The Morgan fingerprint density at radius 2 is 1.80 bits per heavy atom. The number of hydrogen-bond acceptors (Lipinski definition) is 4. The Bertz CT molecular complexity index is 494. The van der Waals surface area contributed by atoms with Crippen molar-refractivity contribution < 1.29 is 19.2 Å². The molecule has 0 heterocycles. The van der Waals surface area contributed by atoms with Gasteiger partial charge in [0.05, 0.1) is 19.7 Å². The summed E-state index contributed by atoms with van der Waals surface area (Å²) in [6.45, 7) is 10.3. The molecule has 1 rings (SSSR count). The van der Waals surface area contributed by atoms with Gasteiger partial charge in [-0.1, -0.05) is 26.2 Å². The molecule has 0 atom stereocenters. The molecule has 0 saturated carbocycles. The summed E-state index contributed by atoms with van der Waals surface area (Å²) >= 11 is 0. The lowest BCUT2D eigenvalue weighted by Gasteiger charge is -2.16. The Morgan fingerprint density at radius 1 is 1.08 bits per heavy atom. The molecule has 0 aliphatic rings. The smallest absolute Gasteiger partial charge is 0.342 e. The van der Waals surface area contributed by atoms with Crippen LogP contribution in [0.5, 0.6) is 5.75 Å². The van der Waals surface area contributed by atoms with E-state index in [1.165, 1.54) is 17.7 Å². The van der Waals surface area contributed by atoms with E-state index in [0.29, 0.717) is 30.2 Å². The molecule has 0 aromatic heterocycles. The number of nitrogens with two attached hydrogens (primary N) is 1. The van der Waals surface area contributed by atoms with Crippen molar-refractivity contribution in [3.8, 4) is 5.75 Å². The molecule has 0 unspecified atom stereocenters. The lowest BCUT2D eigenvalue weighted by atomic mass is 10.2. The predicted octanol–water partition coefficient (Wildman–Crippen LogP) is 2.73. The lowest BCUT2D eigenvalue weighted by molar-refractivity contribution is -0.896. The number of hydrogen-bond donors (Lipinski definition) is 2. The van der Waals surface area contributed by atoms with Gasteiger partial charge >= 0.3 is 5.97 Å². The number of nitrogen functional groups attached to an aromatic ring is 1. The highest BCUT2D eigenvalue weighted by molar-refractivity contribution is 5.93. The zero-order chi connectivity index (χ0) is 17.8. The van der Waals surface area contributed by atoms with Crippen LogP contribution in [0.15, 0.2) is 18.2 Å². The molecule has 0 aliphatic carbocycles. The molecule has 0 aliphatic heterocycles. The van der Waals surface area contributed by atoms with E-state index in [4.69, 9.17) is 15.2 Å². The first kappa shape index (κ1) is 23.5. The molecule has 0 fully saturated rings. The van der Waals surface area contributed by atoms with Crippen LogP contribution in [0, 0.1) is 0 Å². The summed E-state index contributed by atoms with van der Waals surface area (Å²) in [5, 5.41) is 0. The van der Waals surface area contributed by atoms with Gasteiger partial charge in [0, 0.05) is 11.8 Å². The maximum atomic E-state index is 12.3. The van der Waals surface area contributed by atoms with Crippen molar-refractivity contribution in [2.24, 2.45) is 0 Å². The highest BCUT2D eigenvalue weighted by Crippen LogP contribution is 2.23. The first-order valence-corrected chi connectivity index (χ1v) is 9.15. The molecule has 25 heavy (non-hydrogen) atoms. The quantitative estimate of drug-likeness (QED) is 0.336. The van der Waals surface area contributed by atoms with Gasteiger partial charge in [0.2, 0.25) is 0 Å². The number of nitrogens with one attached hydrogen (secondary N) is 1. The normalized spacial score (nSPS) is 10.4. The van der Waals surface area contributed by atoms with Gasteiger partial charge in [-0.05, 0) is 32.4 Å². The first-order chi connectivity index (χ1) is 11.6. The molecular weight excluding hydrogens is 340 g/mol. The molecule has 3 N–H and O–H groups in total. The second kappa shape index (κ2) is 13.8. The van der Waals surface area contributed by atoms with Gasteiger partial charge < -0.3 is 20.1 Å². The summed E-state index contributed by atoms with van der Waals surface area (Å²) in [4.78, 5) is 13.7. The Labute approximate surface area is 158 Å². The minimum Gasteiger partial charge on any atom is -0.493 e. The maximum absolute atomic E-state index is 12.3. The minimum atomic E-state index is -0.342. The minimum absolute atomic E-state index is 0. The largest absolute Gasteiger partial charge is 0.493 e. The fourth-order valence-corrected chi connectivity index (χ4v) is 2.51. The highest BCUT2D eigenvalue weighted by Gasteiger charge is 2.15. The van der Waals surface area contributed by atoms with Crippen LogP contribution in [0.2, 0.25) is 0 Å². The van der Waals surface area contributed by atoms with Gasteiger partial charge in [-0.15, -0.1) is 12.4 Å². The van der Waals surface area contributed by atoms with E-state index < -0.39 is 0 Å². The summed E-state index contributed by atoms with van der Waals surface area (Å²) < 4.78 is 11.2. The number of anilines is 1. The summed E-state index contributed by atoms with van der Waals surface area (Å²) in [6, 6.07) is 5.09. The van der Waals surface area contributed by atoms with Gasteiger partial charge in [0.15, 0.2) is 0 Å². The maximum Gasteiger partial charge on any atom is 0.342 e. The third-order valence-electron chi connectivity index (χ3n) is 4.17. The Hall–Kier alpha value is -1.46. The van der Waals surface area contributed by atoms with Gasteiger partial charge in [0.1, 0.15) is 24.5 Å². The second-order valence-electron chi connectivity index (χ2n) is 6.01. The molecule has 0 spiro atoms. The van der Waals surface area contributed by atoms with E-state index in [1.54, 1.807) is 18.2 Å². The van der Waals surface area contributed by atoms with Crippen molar-refractivity contribution in [1.82, 2.24) is 0 Å². The van der Waals surface area contributed by atoms with E-state index in [1.807, 2.05) is 0 Å². The lowest BCUT2D eigenvalue weighted by Crippen LogP contribution is -3.11. The van der Waals surface area contributed by atoms with Crippen molar-refractivity contribution in [2.45, 2.75) is 46.5 Å². The summed E-state index contributed by atoms with van der Waals surface area (Å²) in [6.07, 6.45) is 4.49. The second-order valence-corrected chi connectivity index (χ2v) is 6.01. The van der Waals surface area contributed by atoms with Crippen LogP contribution in [0.25, 0.3) is 0 Å². The fourth-order valence-electron chi connectivity index (χ4n) is 2.51. The Morgan fingerprint density at radius 3 is 2.44 bits per heavy atom. The highest BCUT2D eigenvalue weighted by atomic mass is 35.5. The molecule has 0 amide bonds. The molecule has 5 nitrogen and oxygen atoms in total. The van der Waals surface area contributed by atoms with E-state index >= 15 is 0 Å². The van der Waals surface area contributed by atoms with Gasteiger partial charge in [-0.3, -0.25) is 0 Å². The number of halogens is 1. The van der Waals surface area contributed by atoms with E-state index in [2.05, 4.69) is 20.8 Å². The van der Waals surface area contributed by atoms with Gasteiger partial charge in [0.25, 0.3) is 0 Å². The van der Waals surface area contributed by atoms with Crippen molar-refractivity contribution >= 4 is 24.1 Å². The van der Waals surface area contributed by atoms with E-state index in [-0.39, 0.29) is 18.4 Å². The third-order valence-corrected chi connectivity index (χ3v) is 4.17. The van der Waals surface area contributed by atoms with Crippen molar-refractivity contribution in [2.75, 3.05) is 38.6 Å². The number of ether oxygens (including phenoxy) is 2. The molecular formula is C19H34ClN2O3+. The zero-order valence-corrected chi connectivity index (χ0v) is 16.6. The number of quaternary nitrogens is 1. The van der Waals surface area contributed by atoms with Crippen molar-refractivity contribution in [3.05, 3.63) is 23.8 Å². The number of carbonyl (C=O) groups excluding carboxylic acids is 1. The number of benzene rings is 1. The third kappa shape index (κ3) is 8.98. The average molecular weight is 374 g/mol. The predicted molar refractivity (Wildman–Crippen MR) is 105 cm³/mol. The van der Waals surface area contributed by atoms with E-state index in [9.17, 15) is 4.79 Å². The van der Waals surface area contributed by atoms with Crippen LogP contribution in [-0.4, -0.2) is 38.8 Å². The molecule has 1 aromatic carbocycles. The molecule has 144 valence electrons. The number of esters is 1. The van der Waals surface area contributed by atoms with Crippen LogP contribution in [0.3, 0.4) is 0 Å². The van der Waals surface area contributed by atoms with E-state index in [0.717, 1.165) is 32.5 Å². The molecule has 0 radical (unpaired) electrons. The van der Waals surface area contributed by atoms with Crippen LogP contribution in [0.1, 0.15) is 56.8 Å².